The van der Waals surface area contributed by atoms with Gasteiger partial charge in [-0.15, -0.1) is 0 Å². The van der Waals surface area contributed by atoms with Crippen molar-refractivity contribution < 1.29 is 9.15 Å². The zero-order chi connectivity index (χ0) is 16.5. The summed E-state index contributed by atoms with van der Waals surface area (Å²) in [6.07, 6.45) is 3.18. The molecular weight excluding hydrogens is 304 g/mol. The smallest absolute Gasteiger partial charge is 0.164 e. The van der Waals surface area contributed by atoms with Crippen LogP contribution >= 0.6 is 0 Å². The van der Waals surface area contributed by atoms with Crippen LogP contribution in [-0.2, 0) is 6.54 Å². The molecule has 0 saturated heterocycles. The number of imidazole rings is 1. The first-order chi connectivity index (χ1) is 11.8. The normalized spacial score (nSPS) is 11.1. The molecule has 1 aromatic carbocycles. The molecule has 3 aromatic heterocycles. The van der Waals surface area contributed by atoms with Crippen molar-refractivity contribution in [2.24, 2.45) is 0 Å². The van der Waals surface area contributed by atoms with Crippen LogP contribution in [0.1, 0.15) is 11.4 Å². The Morgan fingerprint density at radius 3 is 2.67 bits per heavy atom. The highest BCUT2D eigenvalue weighted by molar-refractivity contribution is 5.85. The van der Waals surface area contributed by atoms with Crippen LogP contribution in [-0.4, -0.2) is 26.6 Å². The van der Waals surface area contributed by atoms with Gasteiger partial charge < -0.3 is 13.7 Å². The van der Waals surface area contributed by atoms with Crippen molar-refractivity contribution in [3.8, 4) is 17.2 Å². The second-order valence-corrected chi connectivity index (χ2v) is 5.47. The third-order valence-electron chi connectivity index (χ3n) is 3.98. The summed E-state index contributed by atoms with van der Waals surface area (Å²) in [5.41, 5.74) is 3.40. The molecule has 0 spiro atoms. The van der Waals surface area contributed by atoms with Crippen molar-refractivity contribution >= 4 is 11.2 Å². The molecule has 0 fully saturated rings. The summed E-state index contributed by atoms with van der Waals surface area (Å²) < 4.78 is 12.7. The van der Waals surface area contributed by atoms with E-state index in [4.69, 9.17) is 9.15 Å². The summed E-state index contributed by atoms with van der Waals surface area (Å²) in [6, 6.07) is 11.7. The average molecular weight is 320 g/mol. The van der Waals surface area contributed by atoms with E-state index in [9.17, 15) is 0 Å². The van der Waals surface area contributed by atoms with Gasteiger partial charge in [0.1, 0.15) is 29.1 Å². The molecule has 0 bridgehead atoms. The highest BCUT2D eigenvalue weighted by Gasteiger charge is 2.16. The second kappa shape index (κ2) is 5.81. The first kappa shape index (κ1) is 14.4. The molecule has 6 heteroatoms. The summed E-state index contributed by atoms with van der Waals surface area (Å²) in [6.45, 7) is 2.65. The summed E-state index contributed by atoms with van der Waals surface area (Å²) in [5, 5.41) is 0. The number of aryl methyl sites for hydroxylation is 1. The Kier molecular flexibility index (Phi) is 3.49. The second-order valence-electron chi connectivity index (χ2n) is 5.47. The Labute approximate surface area is 138 Å². The molecule has 0 radical (unpaired) electrons. The quantitative estimate of drug-likeness (QED) is 0.576. The number of ether oxygens (including phenoxy) is 1. The molecule has 0 unspecified atom stereocenters. The van der Waals surface area contributed by atoms with Gasteiger partial charge >= 0.3 is 0 Å². The molecule has 0 atom stereocenters. The Balaban J connectivity index is 1.78. The zero-order valence-electron chi connectivity index (χ0n) is 13.4. The molecule has 4 aromatic rings. The third-order valence-corrected chi connectivity index (χ3v) is 3.98. The Bertz CT molecular complexity index is 972. The molecule has 0 amide bonds. The van der Waals surface area contributed by atoms with E-state index < -0.39 is 0 Å². The maximum Gasteiger partial charge on any atom is 0.164 e. The molecule has 0 aliphatic carbocycles. The van der Waals surface area contributed by atoms with E-state index in [2.05, 4.69) is 19.5 Å². The number of rotatable bonds is 4. The van der Waals surface area contributed by atoms with Crippen molar-refractivity contribution in [1.29, 1.82) is 0 Å². The van der Waals surface area contributed by atoms with E-state index in [1.807, 2.05) is 43.3 Å². The van der Waals surface area contributed by atoms with Crippen molar-refractivity contribution in [3.63, 3.8) is 0 Å². The van der Waals surface area contributed by atoms with Gasteiger partial charge in [0.05, 0.1) is 19.9 Å². The Morgan fingerprint density at radius 1 is 1.12 bits per heavy atom. The number of methoxy groups -OCH3 is 1. The fourth-order valence-electron chi connectivity index (χ4n) is 2.74. The van der Waals surface area contributed by atoms with Crippen molar-refractivity contribution in [3.05, 3.63) is 60.4 Å². The maximum absolute atomic E-state index is 5.47. The monoisotopic (exact) mass is 320 g/mol. The van der Waals surface area contributed by atoms with Gasteiger partial charge in [0.25, 0.3) is 0 Å². The molecule has 0 N–H and O–H groups in total. The number of furan rings is 1. The Hall–Kier alpha value is -3.15. The van der Waals surface area contributed by atoms with E-state index in [0.29, 0.717) is 18.0 Å². The largest absolute Gasteiger partial charge is 0.497 e. The fraction of sp³-hybridized carbons (Fsp3) is 0.167. The highest BCUT2D eigenvalue weighted by atomic mass is 16.5. The van der Waals surface area contributed by atoms with E-state index in [-0.39, 0.29) is 0 Å². The summed E-state index contributed by atoms with van der Waals surface area (Å²) in [5.74, 6) is 2.42. The van der Waals surface area contributed by atoms with E-state index in [1.54, 1.807) is 19.7 Å². The molecule has 0 aliphatic heterocycles. The predicted molar refractivity (Wildman–Crippen MR) is 89.9 cm³/mol. The van der Waals surface area contributed by atoms with Gasteiger partial charge in [0.2, 0.25) is 0 Å². The minimum atomic E-state index is 0.681. The van der Waals surface area contributed by atoms with E-state index in [1.165, 1.54) is 0 Å². The number of fused-ring (bicyclic) bond motifs is 1. The molecule has 3 heterocycles. The van der Waals surface area contributed by atoms with Crippen LogP contribution in [0.3, 0.4) is 0 Å². The van der Waals surface area contributed by atoms with Crippen LogP contribution in [0.15, 0.2) is 53.4 Å². The lowest BCUT2D eigenvalue weighted by molar-refractivity contribution is 0.414. The molecule has 24 heavy (non-hydrogen) atoms. The minimum absolute atomic E-state index is 0.681. The van der Waals surface area contributed by atoms with Gasteiger partial charge in [-0.1, -0.05) is 12.1 Å². The van der Waals surface area contributed by atoms with E-state index in [0.717, 1.165) is 28.3 Å². The number of nitrogens with zero attached hydrogens (tertiary/aromatic N) is 4. The van der Waals surface area contributed by atoms with Crippen LogP contribution in [0.2, 0.25) is 0 Å². The van der Waals surface area contributed by atoms with Gasteiger partial charge in [-0.05, 0) is 36.8 Å². The standard InChI is InChI=1S/C18H16N4O2/c1-12-21-17-16(15-4-3-9-24-15)19-11-20-18(17)22(12)10-13-5-7-14(23-2)8-6-13/h3-9,11H,10H2,1-2H3. The number of hydrogen-bond donors (Lipinski definition) is 0. The van der Waals surface area contributed by atoms with Gasteiger partial charge in [0.15, 0.2) is 11.4 Å². The molecular formula is C18H16N4O2. The lowest BCUT2D eigenvalue weighted by Crippen LogP contribution is -2.03. The first-order valence-electron chi connectivity index (χ1n) is 7.61. The first-order valence-corrected chi connectivity index (χ1v) is 7.61. The molecule has 0 aliphatic rings. The maximum atomic E-state index is 5.47. The van der Waals surface area contributed by atoms with Crippen molar-refractivity contribution in [1.82, 2.24) is 19.5 Å². The molecule has 120 valence electrons. The van der Waals surface area contributed by atoms with Gasteiger partial charge in [-0.3, -0.25) is 0 Å². The van der Waals surface area contributed by atoms with Crippen LogP contribution in [0.4, 0.5) is 0 Å². The SMILES string of the molecule is COc1ccc(Cn2c(C)nc3c(-c4ccco4)ncnc32)cc1. The van der Waals surface area contributed by atoms with Crippen LogP contribution in [0, 0.1) is 6.92 Å². The van der Waals surface area contributed by atoms with Gasteiger partial charge in [-0.25, -0.2) is 15.0 Å². The summed E-state index contributed by atoms with van der Waals surface area (Å²) in [4.78, 5) is 13.4. The number of aromatic nitrogens is 4. The summed E-state index contributed by atoms with van der Waals surface area (Å²) in [7, 11) is 1.66. The van der Waals surface area contributed by atoms with E-state index >= 15 is 0 Å². The van der Waals surface area contributed by atoms with Crippen LogP contribution in [0.5, 0.6) is 5.75 Å². The third kappa shape index (κ3) is 2.42. The lowest BCUT2D eigenvalue weighted by Gasteiger charge is -2.07. The molecule has 4 rings (SSSR count). The minimum Gasteiger partial charge on any atom is -0.497 e. The van der Waals surface area contributed by atoms with Crippen molar-refractivity contribution in [2.75, 3.05) is 7.11 Å². The highest BCUT2D eigenvalue weighted by Crippen LogP contribution is 2.26. The predicted octanol–water partition coefficient (Wildman–Crippen LogP) is 3.45. The van der Waals surface area contributed by atoms with Crippen LogP contribution < -0.4 is 4.74 Å². The zero-order valence-corrected chi connectivity index (χ0v) is 13.4. The average Bonchev–Trinajstić information content (AvgIpc) is 3.24. The van der Waals surface area contributed by atoms with Gasteiger partial charge in [0, 0.05) is 0 Å². The number of hydrogen-bond acceptors (Lipinski definition) is 5. The topological polar surface area (TPSA) is 66.0 Å². The summed E-state index contributed by atoms with van der Waals surface area (Å²) >= 11 is 0. The molecule has 6 nitrogen and oxygen atoms in total. The fourth-order valence-corrected chi connectivity index (χ4v) is 2.74. The van der Waals surface area contributed by atoms with Gasteiger partial charge in [-0.2, -0.15) is 0 Å². The Morgan fingerprint density at radius 2 is 1.96 bits per heavy atom. The lowest BCUT2D eigenvalue weighted by atomic mass is 10.2. The van der Waals surface area contributed by atoms with Crippen LogP contribution in [0.25, 0.3) is 22.6 Å². The molecule has 0 saturated carbocycles. The number of benzene rings is 1. The van der Waals surface area contributed by atoms with Crippen molar-refractivity contribution in [2.45, 2.75) is 13.5 Å².